The Balaban J connectivity index is 1.27. The van der Waals surface area contributed by atoms with E-state index < -0.39 is 17.3 Å². The second-order valence-corrected chi connectivity index (χ2v) is 9.52. The van der Waals surface area contributed by atoms with E-state index in [2.05, 4.69) is 29.1 Å². The van der Waals surface area contributed by atoms with Crippen molar-refractivity contribution in [3.8, 4) is 11.8 Å². The highest BCUT2D eigenvalue weighted by molar-refractivity contribution is 7.78. The highest BCUT2D eigenvalue weighted by Gasteiger charge is 2.32. The first-order valence-corrected chi connectivity index (χ1v) is 11.6. The van der Waals surface area contributed by atoms with Gasteiger partial charge in [-0.1, -0.05) is 37.5 Å². The molecule has 0 spiro atoms. The predicted octanol–water partition coefficient (Wildman–Crippen LogP) is 7.46. The summed E-state index contributed by atoms with van der Waals surface area (Å²) in [5.41, 5.74) is -0.0302. The van der Waals surface area contributed by atoms with Crippen molar-refractivity contribution in [1.29, 1.82) is 0 Å². The summed E-state index contributed by atoms with van der Waals surface area (Å²) in [5, 5.41) is 2.01. The third-order valence-corrected chi connectivity index (χ3v) is 7.38. The number of nitrogens with zero attached hydrogens (tertiary/aromatic N) is 1. The molecular weight excluding hydrogens is 384 g/mol. The average Bonchev–Trinajstić information content (AvgIpc) is 3.54. The Labute approximate surface area is 178 Å². The van der Waals surface area contributed by atoms with Gasteiger partial charge < -0.3 is 0 Å². The van der Waals surface area contributed by atoms with E-state index in [9.17, 15) is 8.78 Å². The van der Waals surface area contributed by atoms with Gasteiger partial charge in [0, 0.05) is 11.5 Å². The molecule has 0 N–H and O–H groups in total. The minimum absolute atomic E-state index is 0.335. The molecule has 0 radical (unpaired) electrons. The molecule has 29 heavy (non-hydrogen) atoms. The van der Waals surface area contributed by atoms with Crippen LogP contribution in [0.15, 0.2) is 17.1 Å². The molecule has 0 aliphatic heterocycles. The lowest BCUT2D eigenvalue weighted by atomic mass is 9.68. The minimum Gasteiger partial charge on any atom is -0.204 e. The molecule has 154 valence electrons. The summed E-state index contributed by atoms with van der Waals surface area (Å²) < 4.78 is 27.9. The van der Waals surface area contributed by atoms with Crippen LogP contribution < -0.4 is 0 Å². The Kier molecular flexibility index (Phi) is 6.78. The van der Waals surface area contributed by atoms with Crippen molar-refractivity contribution < 1.29 is 8.78 Å². The summed E-state index contributed by atoms with van der Waals surface area (Å²) >= 11 is 4.43. The average molecular weight is 414 g/mol. The third-order valence-electron chi connectivity index (χ3n) is 7.29. The second-order valence-electron chi connectivity index (χ2n) is 9.33. The molecular formula is C25H29F2NS. The molecule has 0 bridgehead atoms. The van der Waals surface area contributed by atoms with Crippen molar-refractivity contribution in [3.63, 3.8) is 0 Å². The monoisotopic (exact) mass is 413 g/mol. The number of aliphatic imine (C=N–C) groups is 1. The molecule has 3 saturated carbocycles. The molecule has 0 saturated heterocycles. The van der Waals surface area contributed by atoms with Gasteiger partial charge in [0.05, 0.1) is 5.16 Å². The fourth-order valence-electron chi connectivity index (χ4n) is 5.43. The van der Waals surface area contributed by atoms with Crippen LogP contribution >= 0.6 is 12.2 Å². The number of rotatable bonds is 4. The van der Waals surface area contributed by atoms with E-state index in [0.29, 0.717) is 11.5 Å². The zero-order chi connectivity index (χ0) is 20.2. The number of benzene rings is 1. The molecule has 0 heterocycles. The molecule has 4 rings (SSSR count). The largest absolute Gasteiger partial charge is 0.204 e. The van der Waals surface area contributed by atoms with Gasteiger partial charge in [0.15, 0.2) is 11.6 Å². The maximum atomic E-state index is 13.9. The van der Waals surface area contributed by atoms with Gasteiger partial charge in [-0.05, 0) is 93.0 Å². The van der Waals surface area contributed by atoms with Gasteiger partial charge in [-0.3, -0.25) is 0 Å². The predicted molar refractivity (Wildman–Crippen MR) is 116 cm³/mol. The molecule has 3 fully saturated rings. The van der Waals surface area contributed by atoms with Gasteiger partial charge in [0.2, 0.25) is 0 Å². The number of thiocarbonyl (C=S) groups is 1. The number of hydrogen-bond donors (Lipinski definition) is 0. The van der Waals surface area contributed by atoms with Crippen molar-refractivity contribution in [3.05, 3.63) is 29.3 Å². The molecule has 3 aliphatic rings. The van der Waals surface area contributed by atoms with Gasteiger partial charge in [-0.25, -0.2) is 8.78 Å². The quantitative estimate of drug-likeness (QED) is 0.283. The standard InChI is InChI=1S/C25H29F2NS/c26-23-14-20(15-24(27)25(23)28-16-29)4-1-17-5-9-21(10-6-17)22-11-7-19(8-12-22)13-18-2-3-18/h14-15,17-19,21-22H,2-3,5-13H2. The van der Waals surface area contributed by atoms with Crippen LogP contribution in [0.5, 0.6) is 0 Å². The van der Waals surface area contributed by atoms with Gasteiger partial charge in [-0.2, -0.15) is 4.99 Å². The topological polar surface area (TPSA) is 12.4 Å². The maximum absolute atomic E-state index is 13.9. The molecule has 1 aromatic carbocycles. The third kappa shape index (κ3) is 5.53. The Morgan fingerprint density at radius 2 is 1.34 bits per heavy atom. The minimum atomic E-state index is -0.743. The van der Waals surface area contributed by atoms with Crippen molar-refractivity contribution in [2.45, 2.75) is 70.6 Å². The Hall–Kier alpha value is -1.56. The van der Waals surface area contributed by atoms with Crippen LogP contribution in [0.25, 0.3) is 0 Å². The summed E-state index contributed by atoms with van der Waals surface area (Å²) in [7, 11) is 0. The van der Waals surface area contributed by atoms with Crippen LogP contribution in [0.1, 0.15) is 76.2 Å². The summed E-state index contributed by atoms with van der Waals surface area (Å²) in [6.45, 7) is 0. The molecule has 0 unspecified atom stereocenters. The van der Waals surface area contributed by atoms with Gasteiger partial charge in [0.25, 0.3) is 0 Å². The highest BCUT2D eigenvalue weighted by atomic mass is 32.1. The number of halogens is 2. The smallest absolute Gasteiger partial charge is 0.153 e. The first-order chi connectivity index (χ1) is 14.1. The summed E-state index contributed by atoms with van der Waals surface area (Å²) in [6.07, 6.45) is 14.9. The fraction of sp³-hybridized carbons (Fsp3) is 0.640. The summed E-state index contributed by atoms with van der Waals surface area (Å²) in [4.78, 5) is 3.44. The summed E-state index contributed by atoms with van der Waals surface area (Å²) in [5.74, 6) is 8.91. The number of hydrogen-bond acceptors (Lipinski definition) is 2. The van der Waals surface area contributed by atoms with Crippen LogP contribution in [0.2, 0.25) is 0 Å². The van der Waals surface area contributed by atoms with Crippen molar-refractivity contribution in [1.82, 2.24) is 0 Å². The van der Waals surface area contributed by atoms with E-state index in [1.54, 1.807) is 0 Å². The molecule has 1 nitrogen and oxygen atoms in total. The Morgan fingerprint density at radius 3 is 1.86 bits per heavy atom. The molecule has 3 aliphatic carbocycles. The lowest BCUT2D eigenvalue weighted by molar-refractivity contribution is 0.152. The van der Waals surface area contributed by atoms with Crippen LogP contribution in [0.4, 0.5) is 14.5 Å². The SMILES string of the molecule is Fc1cc(C#CC2CCC(C3CCC(CC4CC4)CC3)CC2)cc(F)c1N=C=S. The maximum Gasteiger partial charge on any atom is 0.153 e. The molecule has 1 aromatic rings. The lowest BCUT2D eigenvalue weighted by Gasteiger charge is -2.37. The Morgan fingerprint density at radius 1 is 0.828 bits per heavy atom. The highest BCUT2D eigenvalue weighted by Crippen LogP contribution is 2.45. The summed E-state index contributed by atoms with van der Waals surface area (Å²) in [6, 6.07) is 2.46. The van der Waals surface area contributed by atoms with Gasteiger partial charge >= 0.3 is 0 Å². The van der Waals surface area contributed by atoms with E-state index in [4.69, 9.17) is 0 Å². The van der Waals surface area contributed by atoms with Crippen LogP contribution in [0.3, 0.4) is 0 Å². The van der Waals surface area contributed by atoms with E-state index in [-0.39, 0.29) is 0 Å². The second kappa shape index (κ2) is 9.50. The van der Waals surface area contributed by atoms with Crippen LogP contribution in [0, 0.1) is 53.1 Å². The van der Waals surface area contributed by atoms with Crippen LogP contribution in [-0.2, 0) is 0 Å². The molecule has 0 atom stereocenters. The van der Waals surface area contributed by atoms with Crippen molar-refractivity contribution in [2.24, 2.45) is 34.6 Å². The van der Waals surface area contributed by atoms with E-state index >= 15 is 0 Å². The van der Waals surface area contributed by atoms with Gasteiger partial charge in [0.1, 0.15) is 5.69 Å². The van der Waals surface area contributed by atoms with Crippen molar-refractivity contribution in [2.75, 3.05) is 0 Å². The first-order valence-electron chi connectivity index (χ1n) is 11.2. The molecule has 0 amide bonds. The zero-order valence-electron chi connectivity index (χ0n) is 16.9. The van der Waals surface area contributed by atoms with Gasteiger partial charge in [-0.15, -0.1) is 0 Å². The first kappa shape index (κ1) is 20.7. The molecule has 0 aromatic heterocycles. The number of isothiocyanates is 1. The molecule has 4 heteroatoms. The fourth-order valence-corrected chi connectivity index (χ4v) is 5.52. The van der Waals surface area contributed by atoms with Crippen LogP contribution in [-0.4, -0.2) is 5.16 Å². The Bertz CT molecular complexity index is 805. The normalized spacial score (nSPS) is 29.4. The lowest BCUT2D eigenvalue weighted by Crippen LogP contribution is -2.25. The van der Waals surface area contributed by atoms with E-state index in [1.165, 1.54) is 69.9 Å². The van der Waals surface area contributed by atoms with E-state index in [0.717, 1.165) is 36.5 Å². The van der Waals surface area contributed by atoms with Crippen molar-refractivity contribution >= 4 is 23.1 Å². The zero-order valence-corrected chi connectivity index (χ0v) is 17.7. The van der Waals surface area contributed by atoms with E-state index in [1.807, 2.05) is 5.16 Å².